The van der Waals surface area contributed by atoms with E-state index in [-0.39, 0.29) is 20.7 Å². The van der Waals surface area contributed by atoms with Gasteiger partial charge in [0, 0.05) is 17.0 Å². The van der Waals surface area contributed by atoms with Gasteiger partial charge in [-0.3, -0.25) is 4.79 Å². The minimum absolute atomic E-state index is 0.141. The summed E-state index contributed by atoms with van der Waals surface area (Å²) < 4.78 is 0. The standard InChI is InChI=1S/C6H6ClNOS2/c7-4-2-8-5(9)1-6(8)11(10)3-4/h2,6H,1,3H2/t6-,11?/m1/s1. The molecule has 2 aliphatic rings. The van der Waals surface area contributed by atoms with Crippen molar-refractivity contribution >= 4 is 38.2 Å². The van der Waals surface area contributed by atoms with Crippen molar-refractivity contribution < 1.29 is 4.79 Å². The molecule has 2 heterocycles. The molecule has 0 aromatic heterocycles. The smallest absolute Gasteiger partial charge is 0.230 e. The Labute approximate surface area is 76.8 Å². The van der Waals surface area contributed by atoms with Gasteiger partial charge in [-0.1, -0.05) is 21.1 Å². The highest BCUT2D eigenvalue weighted by molar-refractivity contribution is 8.29. The molecule has 1 saturated heterocycles. The normalized spacial score (nSPS) is 35.9. The fourth-order valence-corrected chi connectivity index (χ4v) is 4.01. The summed E-state index contributed by atoms with van der Waals surface area (Å²) in [6, 6.07) is 0. The van der Waals surface area contributed by atoms with Crippen LogP contribution in [0, 0.1) is 0 Å². The number of hydrogen-bond donors (Lipinski definition) is 0. The SMILES string of the molecule is O=C1C[C@@H]2N1C=C(Cl)CS2=S. The molecule has 0 aliphatic carbocycles. The van der Waals surface area contributed by atoms with Crippen LogP contribution >= 0.6 is 11.6 Å². The summed E-state index contributed by atoms with van der Waals surface area (Å²) in [6.07, 6.45) is 2.33. The second-order valence-electron chi connectivity index (χ2n) is 2.56. The number of rotatable bonds is 0. The molecule has 60 valence electrons. The minimum atomic E-state index is -0.141. The number of β-lactam (4-membered cyclic amide) rings is 1. The molecule has 0 bridgehead atoms. The van der Waals surface area contributed by atoms with Gasteiger partial charge in [-0.15, -0.1) is 0 Å². The number of halogens is 1. The molecule has 2 rings (SSSR count). The van der Waals surface area contributed by atoms with Crippen molar-refractivity contribution in [3.8, 4) is 0 Å². The molecule has 2 atom stereocenters. The number of amides is 1. The average molecular weight is 208 g/mol. The minimum Gasteiger partial charge on any atom is -0.304 e. The lowest BCUT2D eigenvalue weighted by molar-refractivity contribution is -0.137. The van der Waals surface area contributed by atoms with Crippen LogP contribution in [0.4, 0.5) is 0 Å². The molecule has 1 unspecified atom stereocenters. The van der Waals surface area contributed by atoms with Gasteiger partial charge in [0.25, 0.3) is 0 Å². The van der Waals surface area contributed by atoms with Crippen LogP contribution in [0.25, 0.3) is 0 Å². The third kappa shape index (κ3) is 1.13. The van der Waals surface area contributed by atoms with E-state index < -0.39 is 0 Å². The van der Waals surface area contributed by atoms with Gasteiger partial charge >= 0.3 is 0 Å². The summed E-state index contributed by atoms with van der Waals surface area (Å²) in [4.78, 5) is 12.6. The number of carbonyl (C=O) groups excluding carboxylic acids is 1. The zero-order valence-electron chi connectivity index (χ0n) is 5.62. The van der Waals surface area contributed by atoms with Gasteiger partial charge in [0.15, 0.2) is 0 Å². The van der Waals surface area contributed by atoms with Crippen LogP contribution in [-0.2, 0) is 25.4 Å². The Bertz CT molecular complexity index is 276. The third-order valence-corrected chi connectivity index (χ3v) is 4.82. The van der Waals surface area contributed by atoms with Gasteiger partial charge in [-0.25, -0.2) is 0 Å². The Balaban J connectivity index is 2.29. The Kier molecular flexibility index (Phi) is 1.78. The summed E-state index contributed by atoms with van der Waals surface area (Å²) in [6.45, 7) is 0. The highest BCUT2D eigenvalue weighted by atomic mass is 35.5. The Morgan fingerprint density at radius 1 is 1.82 bits per heavy atom. The fraction of sp³-hybridized carbons (Fsp3) is 0.500. The maximum absolute atomic E-state index is 10.9. The number of carbonyl (C=O) groups is 1. The molecule has 11 heavy (non-hydrogen) atoms. The van der Waals surface area contributed by atoms with Crippen molar-refractivity contribution in [1.82, 2.24) is 4.90 Å². The van der Waals surface area contributed by atoms with Crippen molar-refractivity contribution in [1.29, 1.82) is 0 Å². The second kappa shape index (κ2) is 2.54. The van der Waals surface area contributed by atoms with Gasteiger partial charge < -0.3 is 4.90 Å². The van der Waals surface area contributed by atoms with E-state index >= 15 is 0 Å². The van der Waals surface area contributed by atoms with Gasteiger partial charge in [0.1, 0.15) is 0 Å². The van der Waals surface area contributed by atoms with E-state index in [0.717, 1.165) is 5.75 Å². The van der Waals surface area contributed by atoms with E-state index in [1.54, 1.807) is 11.1 Å². The maximum atomic E-state index is 10.9. The van der Waals surface area contributed by atoms with E-state index in [1.807, 2.05) is 0 Å². The molecule has 0 N–H and O–H groups in total. The monoisotopic (exact) mass is 207 g/mol. The molecule has 5 heteroatoms. The molecule has 0 aromatic rings. The first-order valence-corrected chi connectivity index (χ1v) is 5.99. The van der Waals surface area contributed by atoms with Crippen LogP contribution in [-0.4, -0.2) is 21.9 Å². The summed E-state index contributed by atoms with van der Waals surface area (Å²) in [5.41, 5.74) is 0. The van der Waals surface area contributed by atoms with Crippen molar-refractivity contribution in [2.75, 3.05) is 5.75 Å². The van der Waals surface area contributed by atoms with Gasteiger partial charge in [-0.2, -0.15) is 0 Å². The predicted molar refractivity (Wildman–Crippen MR) is 48.8 cm³/mol. The zero-order chi connectivity index (χ0) is 8.01. The van der Waals surface area contributed by atoms with Gasteiger partial charge in [0.2, 0.25) is 5.91 Å². The van der Waals surface area contributed by atoms with E-state index in [9.17, 15) is 4.79 Å². The third-order valence-electron chi connectivity index (χ3n) is 1.81. The van der Waals surface area contributed by atoms with Crippen molar-refractivity contribution in [2.24, 2.45) is 0 Å². The molecule has 2 nitrogen and oxygen atoms in total. The van der Waals surface area contributed by atoms with E-state index in [1.165, 1.54) is 0 Å². The highest BCUT2D eigenvalue weighted by Crippen LogP contribution is 2.29. The van der Waals surface area contributed by atoms with Gasteiger partial charge in [-0.05, 0) is 11.2 Å². The molecule has 0 aromatic carbocycles. The molecule has 0 saturated carbocycles. The van der Waals surface area contributed by atoms with E-state index in [2.05, 4.69) is 0 Å². The summed E-state index contributed by atoms with van der Waals surface area (Å²) in [7, 11) is -0.141. The predicted octanol–water partition coefficient (Wildman–Crippen LogP) is 0.719. The van der Waals surface area contributed by atoms with Crippen molar-refractivity contribution in [3.63, 3.8) is 0 Å². The first-order chi connectivity index (χ1) is 5.18. The van der Waals surface area contributed by atoms with Crippen LogP contribution in [0.15, 0.2) is 11.2 Å². The second-order valence-corrected chi connectivity index (χ2v) is 5.93. The van der Waals surface area contributed by atoms with E-state index in [4.69, 9.17) is 22.8 Å². The van der Waals surface area contributed by atoms with Crippen LogP contribution in [0.3, 0.4) is 0 Å². The lowest BCUT2D eigenvalue weighted by atomic mass is 10.2. The van der Waals surface area contributed by atoms with Crippen molar-refractivity contribution in [2.45, 2.75) is 11.8 Å². The Morgan fingerprint density at radius 3 is 3.18 bits per heavy atom. The summed E-state index contributed by atoms with van der Waals surface area (Å²) in [5.74, 6) is 0.918. The maximum Gasteiger partial charge on any atom is 0.230 e. The number of nitrogens with zero attached hydrogens (tertiary/aromatic N) is 1. The van der Waals surface area contributed by atoms with Crippen LogP contribution in [0.1, 0.15) is 6.42 Å². The van der Waals surface area contributed by atoms with Crippen LogP contribution in [0.5, 0.6) is 0 Å². The van der Waals surface area contributed by atoms with Gasteiger partial charge in [0.05, 0.1) is 11.8 Å². The van der Waals surface area contributed by atoms with Crippen molar-refractivity contribution in [3.05, 3.63) is 11.2 Å². The molecular formula is C6H6ClNOS2. The first-order valence-electron chi connectivity index (χ1n) is 3.23. The highest BCUT2D eigenvalue weighted by Gasteiger charge is 2.39. The molecule has 0 radical (unpaired) electrons. The summed E-state index contributed by atoms with van der Waals surface area (Å²) >= 11 is 11.0. The fourth-order valence-electron chi connectivity index (χ4n) is 1.20. The van der Waals surface area contributed by atoms with E-state index in [0.29, 0.717) is 11.5 Å². The first kappa shape index (κ1) is 7.71. The summed E-state index contributed by atoms with van der Waals surface area (Å²) in [5, 5.41) is 0.993. The molecule has 2 aliphatic heterocycles. The molecular weight excluding hydrogens is 202 g/mol. The lowest BCUT2D eigenvalue weighted by Gasteiger charge is -2.41. The average Bonchev–Trinajstić information content (AvgIpc) is 1.93. The lowest BCUT2D eigenvalue weighted by Crippen LogP contribution is -2.53. The number of fused-ring (bicyclic) bond motifs is 1. The van der Waals surface area contributed by atoms with Crippen LogP contribution < -0.4 is 0 Å². The molecule has 1 fully saturated rings. The number of hydrogen-bond acceptors (Lipinski definition) is 2. The Hall–Kier alpha value is 0.0700. The topological polar surface area (TPSA) is 20.3 Å². The molecule has 1 amide bonds. The molecule has 0 spiro atoms. The quantitative estimate of drug-likeness (QED) is 0.546. The largest absolute Gasteiger partial charge is 0.304 e. The Morgan fingerprint density at radius 2 is 2.55 bits per heavy atom. The zero-order valence-corrected chi connectivity index (χ0v) is 8.01. The van der Waals surface area contributed by atoms with Crippen LogP contribution in [0.2, 0.25) is 0 Å².